The summed E-state index contributed by atoms with van der Waals surface area (Å²) in [6.07, 6.45) is 1.84. The standard InChI is InChI=1S/C11H16BrNO2S/c12-8-4-5-9-13-16(14,15)10-11-6-2-1-3-7-11/h1-3,6-7,13H,4-5,8-10H2. The Labute approximate surface area is 105 Å². The Bertz CT molecular complexity index is 392. The van der Waals surface area contributed by atoms with Crippen LogP contribution in [0.3, 0.4) is 0 Å². The summed E-state index contributed by atoms with van der Waals surface area (Å²) in [5.41, 5.74) is 0.815. The zero-order chi connectivity index (χ0) is 11.9. The zero-order valence-electron chi connectivity index (χ0n) is 9.02. The first-order valence-electron chi connectivity index (χ1n) is 5.21. The lowest BCUT2D eigenvalue weighted by Crippen LogP contribution is -2.26. The van der Waals surface area contributed by atoms with Crippen LogP contribution in [0.5, 0.6) is 0 Å². The van der Waals surface area contributed by atoms with Crippen molar-refractivity contribution in [1.29, 1.82) is 0 Å². The first kappa shape index (κ1) is 13.7. The number of nitrogens with one attached hydrogen (secondary N) is 1. The van der Waals surface area contributed by atoms with E-state index in [1.807, 2.05) is 30.3 Å². The molecule has 1 aromatic carbocycles. The number of unbranched alkanes of at least 4 members (excludes halogenated alkanes) is 1. The molecule has 0 saturated heterocycles. The number of alkyl halides is 1. The fourth-order valence-electron chi connectivity index (χ4n) is 1.29. The fourth-order valence-corrected chi connectivity index (χ4v) is 2.88. The van der Waals surface area contributed by atoms with Crippen molar-refractivity contribution in [3.05, 3.63) is 35.9 Å². The molecule has 0 fully saturated rings. The van der Waals surface area contributed by atoms with Gasteiger partial charge in [0.15, 0.2) is 0 Å². The molecule has 0 bridgehead atoms. The molecule has 0 aliphatic heterocycles. The van der Waals surface area contributed by atoms with Gasteiger partial charge in [-0.25, -0.2) is 13.1 Å². The summed E-state index contributed by atoms with van der Waals surface area (Å²) in [5.74, 6) is 0.0577. The molecular weight excluding hydrogens is 290 g/mol. The largest absolute Gasteiger partial charge is 0.215 e. The summed E-state index contributed by atoms with van der Waals surface area (Å²) in [6, 6.07) is 9.19. The molecule has 0 spiro atoms. The van der Waals surface area contributed by atoms with E-state index in [0.29, 0.717) is 6.54 Å². The van der Waals surface area contributed by atoms with E-state index in [4.69, 9.17) is 0 Å². The Kier molecular flexibility index (Phi) is 6.01. The molecule has 0 aromatic heterocycles. The van der Waals surface area contributed by atoms with Crippen LogP contribution in [0.15, 0.2) is 30.3 Å². The highest BCUT2D eigenvalue weighted by atomic mass is 79.9. The summed E-state index contributed by atoms with van der Waals surface area (Å²) >= 11 is 3.31. The third-order valence-electron chi connectivity index (χ3n) is 2.08. The minimum absolute atomic E-state index is 0.0577. The molecule has 0 amide bonds. The van der Waals surface area contributed by atoms with Gasteiger partial charge < -0.3 is 0 Å². The number of benzene rings is 1. The number of hydrogen-bond acceptors (Lipinski definition) is 2. The first-order valence-corrected chi connectivity index (χ1v) is 7.98. The van der Waals surface area contributed by atoms with Crippen LogP contribution in [0.4, 0.5) is 0 Å². The van der Waals surface area contributed by atoms with E-state index in [1.54, 1.807) is 0 Å². The molecule has 0 aliphatic carbocycles. The Morgan fingerprint density at radius 1 is 1.12 bits per heavy atom. The highest BCUT2D eigenvalue weighted by Gasteiger charge is 2.09. The summed E-state index contributed by atoms with van der Waals surface area (Å²) in [7, 11) is -3.18. The van der Waals surface area contributed by atoms with Gasteiger partial charge in [0, 0.05) is 11.9 Å². The molecule has 3 nitrogen and oxygen atoms in total. The molecule has 90 valence electrons. The maximum absolute atomic E-state index is 11.6. The zero-order valence-corrected chi connectivity index (χ0v) is 11.4. The predicted octanol–water partition coefficient (Wildman–Crippen LogP) is 2.28. The van der Waals surface area contributed by atoms with Crippen molar-refractivity contribution in [2.75, 3.05) is 11.9 Å². The summed E-state index contributed by atoms with van der Waals surface area (Å²) in [5, 5.41) is 0.910. The monoisotopic (exact) mass is 305 g/mol. The van der Waals surface area contributed by atoms with Crippen molar-refractivity contribution in [3.8, 4) is 0 Å². The van der Waals surface area contributed by atoms with E-state index in [0.717, 1.165) is 23.7 Å². The molecule has 0 saturated carbocycles. The van der Waals surface area contributed by atoms with E-state index < -0.39 is 10.0 Å². The molecular formula is C11H16BrNO2S. The highest BCUT2D eigenvalue weighted by molar-refractivity contribution is 9.09. The van der Waals surface area contributed by atoms with Gasteiger partial charge in [-0.1, -0.05) is 46.3 Å². The second-order valence-corrected chi connectivity index (χ2v) is 6.13. The Morgan fingerprint density at radius 3 is 2.44 bits per heavy atom. The van der Waals surface area contributed by atoms with Crippen molar-refractivity contribution in [2.45, 2.75) is 18.6 Å². The molecule has 16 heavy (non-hydrogen) atoms. The molecule has 1 N–H and O–H groups in total. The maximum atomic E-state index is 11.6. The average molecular weight is 306 g/mol. The lowest BCUT2D eigenvalue weighted by atomic mass is 10.2. The van der Waals surface area contributed by atoms with Crippen LogP contribution in [0, 0.1) is 0 Å². The smallest absolute Gasteiger partial charge is 0.215 e. The maximum Gasteiger partial charge on any atom is 0.215 e. The average Bonchev–Trinajstić information content (AvgIpc) is 2.25. The van der Waals surface area contributed by atoms with Crippen LogP contribution in [-0.4, -0.2) is 20.3 Å². The number of sulfonamides is 1. The molecule has 0 unspecified atom stereocenters. The second-order valence-electron chi connectivity index (χ2n) is 3.54. The summed E-state index contributed by atoms with van der Waals surface area (Å²) < 4.78 is 25.9. The summed E-state index contributed by atoms with van der Waals surface area (Å²) in [6.45, 7) is 0.515. The third kappa shape index (κ3) is 5.63. The van der Waals surface area contributed by atoms with Gasteiger partial charge in [0.2, 0.25) is 10.0 Å². The Balaban J connectivity index is 2.40. The van der Waals surface area contributed by atoms with Gasteiger partial charge in [0.25, 0.3) is 0 Å². The van der Waals surface area contributed by atoms with Gasteiger partial charge >= 0.3 is 0 Å². The van der Waals surface area contributed by atoms with Crippen LogP contribution in [0.2, 0.25) is 0 Å². The molecule has 1 rings (SSSR count). The van der Waals surface area contributed by atoms with Crippen LogP contribution < -0.4 is 4.72 Å². The minimum atomic E-state index is -3.18. The van der Waals surface area contributed by atoms with Crippen LogP contribution in [0.1, 0.15) is 18.4 Å². The van der Waals surface area contributed by atoms with Gasteiger partial charge in [-0.3, -0.25) is 0 Å². The Hall–Kier alpha value is -0.390. The molecule has 1 aromatic rings. The number of hydrogen-bond donors (Lipinski definition) is 1. The molecule has 0 heterocycles. The minimum Gasteiger partial charge on any atom is -0.215 e. The topological polar surface area (TPSA) is 46.2 Å². The van der Waals surface area contributed by atoms with Gasteiger partial charge in [-0.05, 0) is 18.4 Å². The van der Waals surface area contributed by atoms with Crippen molar-refractivity contribution in [3.63, 3.8) is 0 Å². The first-order chi connectivity index (χ1) is 7.64. The van der Waals surface area contributed by atoms with E-state index >= 15 is 0 Å². The van der Waals surface area contributed by atoms with Crippen LogP contribution in [-0.2, 0) is 15.8 Å². The lowest BCUT2D eigenvalue weighted by molar-refractivity contribution is 0.578. The fraction of sp³-hybridized carbons (Fsp3) is 0.455. The lowest BCUT2D eigenvalue weighted by Gasteiger charge is -2.06. The highest BCUT2D eigenvalue weighted by Crippen LogP contribution is 2.04. The quantitative estimate of drug-likeness (QED) is 0.620. The van der Waals surface area contributed by atoms with Crippen LogP contribution in [0.25, 0.3) is 0 Å². The van der Waals surface area contributed by atoms with E-state index in [2.05, 4.69) is 20.7 Å². The predicted molar refractivity (Wildman–Crippen MR) is 70.1 cm³/mol. The molecule has 5 heteroatoms. The number of rotatable bonds is 7. The van der Waals surface area contributed by atoms with Gasteiger partial charge in [-0.15, -0.1) is 0 Å². The van der Waals surface area contributed by atoms with Crippen LogP contribution >= 0.6 is 15.9 Å². The van der Waals surface area contributed by atoms with Crippen molar-refractivity contribution in [1.82, 2.24) is 4.72 Å². The second kappa shape index (κ2) is 7.04. The van der Waals surface area contributed by atoms with E-state index in [9.17, 15) is 8.42 Å². The molecule has 0 aliphatic rings. The molecule has 0 radical (unpaired) electrons. The van der Waals surface area contributed by atoms with Gasteiger partial charge in [-0.2, -0.15) is 0 Å². The van der Waals surface area contributed by atoms with Crippen molar-refractivity contribution < 1.29 is 8.42 Å². The summed E-state index contributed by atoms with van der Waals surface area (Å²) in [4.78, 5) is 0. The van der Waals surface area contributed by atoms with E-state index in [1.165, 1.54) is 0 Å². The van der Waals surface area contributed by atoms with Gasteiger partial charge in [0.1, 0.15) is 0 Å². The number of halogens is 1. The van der Waals surface area contributed by atoms with Crippen molar-refractivity contribution >= 4 is 26.0 Å². The Morgan fingerprint density at radius 2 is 1.81 bits per heavy atom. The normalized spacial score (nSPS) is 11.6. The SMILES string of the molecule is O=S(=O)(Cc1ccccc1)NCCCCBr. The third-order valence-corrected chi connectivity index (χ3v) is 4.00. The van der Waals surface area contributed by atoms with Gasteiger partial charge in [0.05, 0.1) is 5.75 Å². The van der Waals surface area contributed by atoms with Crippen molar-refractivity contribution in [2.24, 2.45) is 0 Å². The van der Waals surface area contributed by atoms with E-state index in [-0.39, 0.29) is 5.75 Å². The molecule has 0 atom stereocenters.